The van der Waals surface area contributed by atoms with Crippen LogP contribution in [0.25, 0.3) is 0 Å². The van der Waals surface area contributed by atoms with E-state index >= 15 is 0 Å². The minimum Gasteiger partial charge on any atom is -0.445 e. The molecule has 2 aromatic rings. The Kier molecular flexibility index (Phi) is 5.01. The summed E-state index contributed by atoms with van der Waals surface area (Å²) in [6.07, 6.45) is 0.753. The fourth-order valence-corrected chi connectivity index (χ4v) is 3.33. The van der Waals surface area contributed by atoms with E-state index in [1.165, 1.54) is 5.56 Å². The van der Waals surface area contributed by atoms with Gasteiger partial charge in [0.1, 0.15) is 6.61 Å². The summed E-state index contributed by atoms with van der Waals surface area (Å²) < 4.78 is 6.54. The molecule has 120 valence electrons. The molecule has 23 heavy (non-hydrogen) atoms. The summed E-state index contributed by atoms with van der Waals surface area (Å²) >= 11 is 3.46. The molecule has 1 saturated heterocycles. The van der Waals surface area contributed by atoms with Crippen molar-refractivity contribution in [2.45, 2.75) is 31.9 Å². The van der Waals surface area contributed by atoms with E-state index in [4.69, 9.17) is 4.74 Å². The second-order valence-corrected chi connectivity index (χ2v) is 6.94. The maximum atomic E-state index is 12.4. The smallest absolute Gasteiger partial charge is 0.410 e. The molecule has 0 spiro atoms. The number of benzene rings is 2. The van der Waals surface area contributed by atoms with Gasteiger partial charge in [0, 0.05) is 23.0 Å². The predicted octanol–water partition coefficient (Wildman–Crippen LogP) is 4.96. The van der Waals surface area contributed by atoms with Crippen LogP contribution in [0, 0.1) is 0 Å². The number of hydrogen-bond donors (Lipinski definition) is 0. The van der Waals surface area contributed by atoms with Crippen LogP contribution in [0.5, 0.6) is 0 Å². The minimum atomic E-state index is -0.221. The molecule has 0 aromatic heterocycles. The first-order valence-electron chi connectivity index (χ1n) is 7.86. The van der Waals surface area contributed by atoms with Crippen molar-refractivity contribution in [1.82, 2.24) is 4.90 Å². The van der Waals surface area contributed by atoms with Crippen molar-refractivity contribution >= 4 is 22.0 Å². The van der Waals surface area contributed by atoms with E-state index in [1.54, 1.807) is 0 Å². The molecule has 0 radical (unpaired) electrons. The average Bonchev–Trinajstić information content (AvgIpc) is 2.96. The molecule has 4 heteroatoms. The summed E-state index contributed by atoms with van der Waals surface area (Å²) in [6, 6.07) is 18.3. The fourth-order valence-electron chi connectivity index (χ4n) is 3.06. The molecule has 0 bridgehead atoms. The van der Waals surface area contributed by atoms with E-state index in [2.05, 4.69) is 47.1 Å². The number of rotatable bonds is 3. The minimum absolute atomic E-state index is 0.201. The predicted molar refractivity (Wildman–Crippen MR) is 94.3 cm³/mol. The third kappa shape index (κ3) is 3.94. The largest absolute Gasteiger partial charge is 0.445 e. The third-order valence-electron chi connectivity index (χ3n) is 4.36. The van der Waals surface area contributed by atoms with Crippen LogP contribution in [0.15, 0.2) is 59.1 Å². The number of ether oxygens (including phenoxy) is 1. The molecule has 0 saturated carbocycles. The van der Waals surface area contributed by atoms with E-state index in [0.29, 0.717) is 12.5 Å². The van der Waals surface area contributed by atoms with Crippen molar-refractivity contribution < 1.29 is 9.53 Å². The van der Waals surface area contributed by atoms with Crippen LogP contribution in [0.2, 0.25) is 0 Å². The first-order valence-corrected chi connectivity index (χ1v) is 8.65. The molecular weight excluding hydrogens is 354 g/mol. The van der Waals surface area contributed by atoms with Gasteiger partial charge in [-0.15, -0.1) is 0 Å². The van der Waals surface area contributed by atoms with E-state index in [1.807, 2.05) is 35.2 Å². The van der Waals surface area contributed by atoms with Crippen LogP contribution in [-0.2, 0) is 11.3 Å². The molecule has 2 aromatic carbocycles. The third-order valence-corrected chi connectivity index (χ3v) is 4.88. The lowest BCUT2D eigenvalue weighted by atomic mass is 9.97. The van der Waals surface area contributed by atoms with Gasteiger partial charge in [-0.05, 0) is 36.6 Å². The highest BCUT2D eigenvalue weighted by atomic mass is 79.9. The second kappa shape index (κ2) is 7.18. The van der Waals surface area contributed by atoms with Crippen molar-refractivity contribution in [2.24, 2.45) is 0 Å². The zero-order chi connectivity index (χ0) is 16.2. The molecule has 2 unspecified atom stereocenters. The van der Waals surface area contributed by atoms with Gasteiger partial charge in [-0.3, -0.25) is 0 Å². The summed E-state index contributed by atoms with van der Waals surface area (Å²) in [7, 11) is 0. The first kappa shape index (κ1) is 16.1. The van der Waals surface area contributed by atoms with Crippen molar-refractivity contribution in [3.8, 4) is 0 Å². The van der Waals surface area contributed by atoms with Crippen molar-refractivity contribution in [2.75, 3.05) is 6.54 Å². The normalized spacial score (nSPS) is 20.5. The molecule has 1 heterocycles. The summed E-state index contributed by atoms with van der Waals surface area (Å²) in [5.41, 5.74) is 2.29. The van der Waals surface area contributed by atoms with Crippen molar-refractivity contribution in [3.63, 3.8) is 0 Å². The van der Waals surface area contributed by atoms with Crippen molar-refractivity contribution in [1.29, 1.82) is 0 Å². The SMILES string of the molecule is CC1CC(c2ccc(Br)cc2)CN1C(=O)OCc1ccccc1. The molecular formula is C19H20BrNO2. The van der Waals surface area contributed by atoms with Gasteiger partial charge in [-0.25, -0.2) is 4.79 Å². The number of amides is 1. The number of halogens is 1. The Bertz CT molecular complexity index is 657. The maximum Gasteiger partial charge on any atom is 0.410 e. The molecule has 1 amide bonds. The summed E-state index contributed by atoms with van der Waals surface area (Å²) in [4.78, 5) is 14.2. The van der Waals surface area contributed by atoms with Crippen LogP contribution < -0.4 is 0 Å². The summed E-state index contributed by atoms with van der Waals surface area (Å²) in [6.45, 7) is 3.13. The van der Waals surface area contributed by atoms with E-state index in [-0.39, 0.29) is 12.1 Å². The molecule has 3 nitrogen and oxygen atoms in total. The average molecular weight is 374 g/mol. The van der Waals surface area contributed by atoms with Crippen LogP contribution in [0.3, 0.4) is 0 Å². The number of carbonyl (C=O) groups excluding carboxylic acids is 1. The lowest BCUT2D eigenvalue weighted by Gasteiger charge is -2.20. The van der Waals surface area contributed by atoms with E-state index in [0.717, 1.165) is 23.0 Å². The Morgan fingerprint density at radius 3 is 2.57 bits per heavy atom. The van der Waals surface area contributed by atoms with E-state index < -0.39 is 0 Å². The number of likely N-dealkylation sites (tertiary alicyclic amines) is 1. The van der Waals surface area contributed by atoms with Gasteiger partial charge in [0.05, 0.1) is 0 Å². The Morgan fingerprint density at radius 1 is 1.17 bits per heavy atom. The Balaban J connectivity index is 1.59. The fraction of sp³-hybridized carbons (Fsp3) is 0.316. The van der Waals surface area contributed by atoms with Crippen molar-refractivity contribution in [3.05, 3.63) is 70.2 Å². The van der Waals surface area contributed by atoms with E-state index in [9.17, 15) is 4.79 Å². The lowest BCUT2D eigenvalue weighted by Crippen LogP contribution is -2.34. The molecule has 1 fully saturated rings. The van der Waals surface area contributed by atoms with Gasteiger partial charge in [0.2, 0.25) is 0 Å². The molecule has 0 N–H and O–H groups in total. The van der Waals surface area contributed by atoms with Crippen LogP contribution in [-0.4, -0.2) is 23.6 Å². The highest BCUT2D eigenvalue weighted by Gasteiger charge is 2.34. The molecule has 2 atom stereocenters. The summed E-state index contributed by atoms with van der Waals surface area (Å²) in [5.74, 6) is 0.377. The van der Waals surface area contributed by atoms with Crippen LogP contribution >= 0.6 is 15.9 Å². The van der Waals surface area contributed by atoms with Gasteiger partial charge in [-0.2, -0.15) is 0 Å². The first-order chi connectivity index (χ1) is 11.1. The second-order valence-electron chi connectivity index (χ2n) is 6.03. The maximum absolute atomic E-state index is 12.4. The zero-order valence-corrected chi connectivity index (χ0v) is 14.7. The highest BCUT2D eigenvalue weighted by molar-refractivity contribution is 9.10. The lowest BCUT2D eigenvalue weighted by molar-refractivity contribution is 0.0941. The zero-order valence-electron chi connectivity index (χ0n) is 13.1. The molecule has 1 aliphatic rings. The standard InChI is InChI=1S/C19H20BrNO2/c1-14-11-17(16-7-9-18(20)10-8-16)12-21(14)19(22)23-13-15-5-3-2-4-6-15/h2-10,14,17H,11-13H2,1H3. The quantitative estimate of drug-likeness (QED) is 0.760. The topological polar surface area (TPSA) is 29.5 Å². The van der Waals surface area contributed by atoms with Gasteiger partial charge < -0.3 is 9.64 Å². The van der Waals surface area contributed by atoms with Crippen LogP contribution in [0.4, 0.5) is 4.79 Å². The van der Waals surface area contributed by atoms with Crippen LogP contribution in [0.1, 0.15) is 30.4 Å². The Labute approximate surface area is 145 Å². The molecule has 0 aliphatic carbocycles. The van der Waals surface area contributed by atoms with Gasteiger partial charge in [0.25, 0.3) is 0 Å². The number of hydrogen-bond acceptors (Lipinski definition) is 2. The van der Waals surface area contributed by atoms with Gasteiger partial charge in [-0.1, -0.05) is 58.4 Å². The Morgan fingerprint density at radius 2 is 1.87 bits per heavy atom. The Hall–Kier alpha value is -1.81. The van der Waals surface area contributed by atoms with Gasteiger partial charge >= 0.3 is 6.09 Å². The number of carbonyl (C=O) groups is 1. The molecule has 3 rings (SSSR count). The molecule has 1 aliphatic heterocycles. The number of nitrogens with zero attached hydrogens (tertiary/aromatic N) is 1. The summed E-state index contributed by atoms with van der Waals surface area (Å²) in [5, 5.41) is 0. The monoisotopic (exact) mass is 373 g/mol. The highest BCUT2D eigenvalue weighted by Crippen LogP contribution is 2.32. The van der Waals surface area contributed by atoms with Gasteiger partial charge in [0.15, 0.2) is 0 Å².